The van der Waals surface area contributed by atoms with Gasteiger partial charge in [-0.25, -0.2) is 0 Å². The van der Waals surface area contributed by atoms with Crippen LogP contribution in [-0.2, 0) is 6.42 Å². The average molecular weight is 325 g/mol. The second-order valence-corrected chi connectivity index (χ2v) is 6.30. The lowest BCUT2D eigenvalue weighted by atomic mass is 10.1. The molecule has 1 amide bonds. The minimum Gasteiger partial charge on any atom is -0.492 e. The van der Waals surface area contributed by atoms with Crippen LogP contribution in [0, 0.1) is 5.92 Å². The van der Waals surface area contributed by atoms with Gasteiger partial charge in [0.1, 0.15) is 5.75 Å². The minimum atomic E-state index is -0.615. The number of rotatable bonds is 8. The first-order valence-electron chi connectivity index (χ1n) is 8.44. The molecular weight excluding hydrogens is 302 g/mol. The molecule has 1 aliphatic carbocycles. The van der Waals surface area contributed by atoms with Crippen molar-refractivity contribution >= 4 is 5.91 Å². The monoisotopic (exact) mass is 325 g/mol. The predicted molar refractivity (Wildman–Crippen MR) is 93.1 cm³/mol. The Bertz CT molecular complexity index is 668. The summed E-state index contributed by atoms with van der Waals surface area (Å²) in [4.78, 5) is 12.4. The van der Waals surface area contributed by atoms with E-state index in [2.05, 4.69) is 5.32 Å². The van der Waals surface area contributed by atoms with Crippen molar-refractivity contribution in [2.75, 3.05) is 13.2 Å². The molecule has 2 aromatic rings. The van der Waals surface area contributed by atoms with Gasteiger partial charge in [0.25, 0.3) is 5.91 Å². The normalized spacial score (nSPS) is 14.9. The van der Waals surface area contributed by atoms with Gasteiger partial charge in [-0.2, -0.15) is 0 Å². The van der Waals surface area contributed by atoms with Crippen LogP contribution in [0.5, 0.6) is 5.75 Å². The van der Waals surface area contributed by atoms with E-state index in [-0.39, 0.29) is 12.5 Å². The van der Waals surface area contributed by atoms with Crippen LogP contribution in [0.15, 0.2) is 54.6 Å². The van der Waals surface area contributed by atoms with Crippen LogP contribution in [-0.4, -0.2) is 30.3 Å². The Morgan fingerprint density at radius 1 is 1.12 bits per heavy atom. The summed E-state index contributed by atoms with van der Waals surface area (Å²) in [6, 6.07) is 17.0. The van der Waals surface area contributed by atoms with E-state index in [1.165, 1.54) is 12.8 Å². The summed E-state index contributed by atoms with van der Waals surface area (Å²) in [7, 11) is 0. The van der Waals surface area contributed by atoms with Gasteiger partial charge in [0.05, 0.1) is 18.3 Å². The highest BCUT2D eigenvalue weighted by Gasteiger charge is 2.23. The number of benzene rings is 2. The SMILES string of the molecule is O=C(NCC(O)Cc1ccccc1)c1ccccc1OCC1CC1. The maximum Gasteiger partial charge on any atom is 0.255 e. The van der Waals surface area contributed by atoms with Crippen molar-refractivity contribution in [2.45, 2.75) is 25.4 Å². The van der Waals surface area contributed by atoms with Crippen LogP contribution in [0.1, 0.15) is 28.8 Å². The molecule has 0 aliphatic heterocycles. The Morgan fingerprint density at radius 2 is 1.83 bits per heavy atom. The Labute approximate surface area is 142 Å². The Hall–Kier alpha value is -2.33. The maximum atomic E-state index is 12.4. The fraction of sp³-hybridized carbons (Fsp3) is 0.350. The molecule has 0 heterocycles. The van der Waals surface area contributed by atoms with Crippen LogP contribution in [0.25, 0.3) is 0 Å². The van der Waals surface area contributed by atoms with Gasteiger partial charge in [0, 0.05) is 13.0 Å². The summed E-state index contributed by atoms with van der Waals surface area (Å²) in [6.45, 7) is 0.881. The molecule has 1 fully saturated rings. The third-order valence-electron chi connectivity index (χ3n) is 4.12. The Kier molecular flexibility index (Phi) is 5.49. The first-order chi connectivity index (χ1) is 11.7. The molecule has 2 N–H and O–H groups in total. The molecule has 0 bridgehead atoms. The second kappa shape index (κ2) is 7.97. The van der Waals surface area contributed by atoms with E-state index in [4.69, 9.17) is 4.74 Å². The lowest BCUT2D eigenvalue weighted by Crippen LogP contribution is -2.33. The molecule has 24 heavy (non-hydrogen) atoms. The molecule has 1 atom stereocenters. The molecule has 0 saturated heterocycles. The van der Waals surface area contributed by atoms with E-state index in [1.54, 1.807) is 6.07 Å². The maximum absolute atomic E-state index is 12.4. The van der Waals surface area contributed by atoms with Crippen molar-refractivity contribution in [1.29, 1.82) is 0 Å². The number of amides is 1. The van der Waals surface area contributed by atoms with Crippen LogP contribution in [0.3, 0.4) is 0 Å². The smallest absolute Gasteiger partial charge is 0.255 e. The van der Waals surface area contributed by atoms with Crippen LogP contribution in [0.4, 0.5) is 0 Å². The highest BCUT2D eigenvalue weighted by atomic mass is 16.5. The summed E-state index contributed by atoms with van der Waals surface area (Å²) < 4.78 is 5.76. The summed E-state index contributed by atoms with van der Waals surface area (Å²) in [5.74, 6) is 1.03. The van der Waals surface area contributed by atoms with Crippen molar-refractivity contribution in [1.82, 2.24) is 5.32 Å². The van der Waals surface area contributed by atoms with Gasteiger partial charge in [0.2, 0.25) is 0 Å². The molecule has 3 rings (SSSR count). The van der Waals surface area contributed by atoms with E-state index in [1.807, 2.05) is 48.5 Å². The number of ether oxygens (including phenoxy) is 1. The number of hydrogen-bond acceptors (Lipinski definition) is 3. The van der Waals surface area contributed by atoms with E-state index >= 15 is 0 Å². The van der Waals surface area contributed by atoms with Crippen molar-refractivity contribution in [3.05, 3.63) is 65.7 Å². The molecule has 0 aromatic heterocycles. The molecule has 0 spiro atoms. The molecule has 1 aliphatic rings. The topological polar surface area (TPSA) is 58.6 Å². The molecule has 126 valence electrons. The molecule has 0 radical (unpaired) electrons. The lowest BCUT2D eigenvalue weighted by Gasteiger charge is -2.14. The number of carbonyl (C=O) groups is 1. The van der Waals surface area contributed by atoms with Crippen molar-refractivity contribution in [3.8, 4) is 5.75 Å². The van der Waals surface area contributed by atoms with Crippen LogP contribution < -0.4 is 10.1 Å². The molecule has 4 nitrogen and oxygen atoms in total. The van der Waals surface area contributed by atoms with Gasteiger partial charge in [-0.05, 0) is 36.5 Å². The summed E-state index contributed by atoms with van der Waals surface area (Å²) in [5.41, 5.74) is 1.57. The fourth-order valence-corrected chi connectivity index (χ4v) is 2.54. The summed E-state index contributed by atoms with van der Waals surface area (Å²) >= 11 is 0. The van der Waals surface area contributed by atoms with Gasteiger partial charge in [0.15, 0.2) is 0 Å². The molecule has 1 unspecified atom stereocenters. The molecule has 2 aromatic carbocycles. The third kappa shape index (κ3) is 4.83. The second-order valence-electron chi connectivity index (χ2n) is 6.30. The number of aliphatic hydroxyl groups is 1. The zero-order valence-corrected chi connectivity index (χ0v) is 13.7. The number of hydrogen-bond donors (Lipinski definition) is 2. The van der Waals surface area contributed by atoms with Gasteiger partial charge in [-0.1, -0.05) is 42.5 Å². The van der Waals surface area contributed by atoms with Crippen molar-refractivity contribution in [3.63, 3.8) is 0 Å². The number of nitrogens with one attached hydrogen (secondary N) is 1. The highest BCUT2D eigenvalue weighted by Crippen LogP contribution is 2.30. The number of aliphatic hydroxyl groups excluding tert-OH is 1. The molecular formula is C20H23NO3. The summed E-state index contributed by atoms with van der Waals surface area (Å²) in [5, 5.41) is 12.9. The summed E-state index contributed by atoms with van der Waals surface area (Å²) in [6.07, 6.45) is 2.32. The minimum absolute atomic E-state index is 0.213. The molecule has 4 heteroatoms. The van der Waals surface area contributed by atoms with Gasteiger partial charge in [-0.3, -0.25) is 4.79 Å². The quantitative estimate of drug-likeness (QED) is 0.784. The number of para-hydroxylation sites is 1. The van der Waals surface area contributed by atoms with E-state index in [0.29, 0.717) is 30.3 Å². The fourth-order valence-electron chi connectivity index (χ4n) is 2.54. The third-order valence-corrected chi connectivity index (χ3v) is 4.12. The first kappa shape index (κ1) is 16.5. The van der Waals surface area contributed by atoms with Crippen LogP contribution >= 0.6 is 0 Å². The zero-order chi connectivity index (χ0) is 16.8. The van der Waals surface area contributed by atoms with Gasteiger partial charge < -0.3 is 15.2 Å². The number of carbonyl (C=O) groups excluding carboxylic acids is 1. The zero-order valence-electron chi connectivity index (χ0n) is 13.7. The Morgan fingerprint density at radius 3 is 2.58 bits per heavy atom. The molecule has 1 saturated carbocycles. The van der Waals surface area contributed by atoms with Crippen LogP contribution in [0.2, 0.25) is 0 Å². The van der Waals surface area contributed by atoms with Crippen molar-refractivity contribution < 1.29 is 14.6 Å². The largest absolute Gasteiger partial charge is 0.492 e. The van der Waals surface area contributed by atoms with E-state index in [9.17, 15) is 9.90 Å². The first-order valence-corrected chi connectivity index (χ1v) is 8.44. The van der Waals surface area contributed by atoms with Crippen molar-refractivity contribution in [2.24, 2.45) is 5.92 Å². The van der Waals surface area contributed by atoms with E-state index in [0.717, 1.165) is 5.56 Å². The standard InChI is InChI=1S/C20H23NO3/c22-17(12-15-6-2-1-3-7-15)13-21-20(23)18-8-4-5-9-19(18)24-14-16-10-11-16/h1-9,16-17,22H,10-14H2,(H,21,23). The van der Waals surface area contributed by atoms with E-state index < -0.39 is 6.10 Å². The van der Waals surface area contributed by atoms with Gasteiger partial charge in [-0.15, -0.1) is 0 Å². The highest BCUT2D eigenvalue weighted by molar-refractivity contribution is 5.96. The predicted octanol–water partition coefficient (Wildman–Crippen LogP) is 2.81. The van der Waals surface area contributed by atoms with Gasteiger partial charge >= 0.3 is 0 Å². The Balaban J connectivity index is 1.52. The lowest BCUT2D eigenvalue weighted by molar-refractivity contribution is 0.0911. The average Bonchev–Trinajstić information content (AvgIpc) is 3.43.